The zero-order valence-corrected chi connectivity index (χ0v) is 12.8. The lowest BCUT2D eigenvalue weighted by Crippen LogP contribution is -2.25. The lowest BCUT2D eigenvalue weighted by molar-refractivity contribution is -0.120. The molecule has 2 aromatic rings. The van der Waals surface area contributed by atoms with Gasteiger partial charge in [-0.3, -0.25) is 4.79 Å². The van der Waals surface area contributed by atoms with Crippen LogP contribution in [0.5, 0.6) is 0 Å². The predicted octanol–water partition coefficient (Wildman–Crippen LogP) is 3.72. The van der Waals surface area contributed by atoms with Gasteiger partial charge in [0, 0.05) is 17.4 Å². The summed E-state index contributed by atoms with van der Waals surface area (Å²) in [6, 6.07) is 11.3. The average molecular weight is 354 g/mol. The molecule has 0 saturated carbocycles. The Labute approximate surface area is 130 Å². The smallest absolute Gasteiger partial charge is 0.224 e. The second-order valence-corrected chi connectivity index (χ2v) is 5.17. The molecule has 0 bridgehead atoms. The van der Waals surface area contributed by atoms with Crippen molar-refractivity contribution in [1.29, 1.82) is 0 Å². The van der Waals surface area contributed by atoms with E-state index in [0.717, 1.165) is 28.6 Å². The van der Waals surface area contributed by atoms with Gasteiger partial charge in [0.1, 0.15) is 11.6 Å². The molecule has 1 N–H and O–H groups in total. The third-order valence-corrected chi connectivity index (χ3v) is 3.68. The second-order valence-electron chi connectivity index (χ2n) is 4.61. The van der Waals surface area contributed by atoms with E-state index in [1.807, 2.05) is 24.3 Å². The van der Waals surface area contributed by atoms with Crippen molar-refractivity contribution in [1.82, 2.24) is 5.32 Å². The molecule has 0 aromatic heterocycles. The molecule has 110 valence electrons. The number of alkyl halides is 1. The number of nitrogens with one attached hydrogen (secondary N) is 1. The molecule has 21 heavy (non-hydrogen) atoms. The van der Waals surface area contributed by atoms with Crippen molar-refractivity contribution >= 4 is 21.8 Å². The summed E-state index contributed by atoms with van der Waals surface area (Å²) < 4.78 is 26.9. The number of benzene rings is 2. The Hall–Kier alpha value is -1.75. The van der Waals surface area contributed by atoms with E-state index in [0.29, 0.717) is 6.54 Å². The highest BCUT2D eigenvalue weighted by Crippen LogP contribution is 2.13. The number of amides is 1. The van der Waals surface area contributed by atoms with E-state index in [-0.39, 0.29) is 12.0 Å². The van der Waals surface area contributed by atoms with E-state index >= 15 is 0 Å². The maximum absolute atomic E-state index is 13.4. The minimum Gasteiger partial charge on any atom is -0.352 e. The zero-order chi connectivity index (χ0) is 15.2. The maximum Gasteiger partial charge on any atom is 0.224 e. The van der Waals surface area contributed by atoms with Crippen molar-refractivity contribution in [2.45, 2.75) is 18.3 Å². The Balaban J connectivity index is 1.96. The Morgan fingerprint density at radius 3 is 2.33 bits per heavy atom. The van der Waals surface area contributed by atoms with E-state index in [1.54, 1.807) is 0 Å². The van der Waals surface area contributed by atoms with Gasteiger partial charge in [-0.25, -0.2) is 8.78 Å². The molecule has 0 fully saturated rings. The minimum absolute atomic E-state index is 0.204. The van der Waals surface area contributed by atoms with Crippen molar-refractivity contribution < 1.29 is 13.6 Å². The molecule has 1 amide bonds. The van der Waals surface area contributed by atoms with E-state index in [4.69, 9.17) is 0 Å². The third-order valence-electron chi connectivity index (χ3n) is 3.03. The molecule has 0 heterocycles. The first kappa shape index (κ1) is 15.6. The fraction of sp³-hybridized carbons (Fsp3) is 0.188. The van der Waals surface area contributed by atoms with Crippen molar-refractivity contribution in [3.05, 3.63) is 70.8 Å². The van der Waals surface area contributed by atoms with Gasteiger partial charge in [0.2, 0.25) is 5.91 Å². The van der Waals surface area contributed by atoms with Crippen LogP contribution < -0.4 is 5.32 Å². The topological polar surface area (TPSA) is 29.1 Å². The van der Waals surface area contributed by atoms with E-state index < -0.39 is 17.5 Å². The summed E-state index contributed by atoms with van der Waals surface area (Å²) in [4.78, 5) is 11.8. The van der Waals surface area contributed by atoms with Crippen LogP contribution in [0.2, 0.25) is 0 Å². The number of hydrogen-bond donors (Lipinski definition) is 1. The fourth-order valence-corrected chi connectivity index (χ4v) is 2.30. The first-order valence-electron chi connectivity index (χ1n) is 6.43. The quantitative estimate of drug-likeness (QED) is 0.815. The van der Waals surface area contributed by atoms with Crippen LogP contribution in [0.15, 0.2) is 42.5 Å². The van der Waals surface area contributed by atoms with Crippen molar-refractivity contribution in [2.24, 2.45) is 0 Å². The third kappa shape index (κ3) is 4.36. The fourth-order valence-electron chi connectivity index (χ4n) is 1.95. The molecule has 2 rings (SSSR count). The van der Waals surface area contributed by atoms with E-state index in [2.05, 4.69) is 21.2 Å². The van der Waals surface area contributed by atoms with E-state index in [9.17, 15) is 13.6 Å². The molecule has 0 atom stereocenters. The SMILES string of the molecule is O=C(Cc1c(F)cccc1F)NCc1cccc(CBr)c1. The molecule has 0 aliphatic carbocycles. The number of halogens is 3. The lowest BCUT2D eigenvalue weighted by atomic mass is 10.1. The molecule has 0 aliphatic heterocycles. The van der Waals surface area contributed by atoms with Crippen molar-refractivity contribution in [2.75, 3.05) is 0 Å². The van der Waals surface area contributed by atoms with Crippen LogP contribution in [-0.4, -0.2) is 5.91 Å². The Morgan fingerprint density at radius 2 is 1.67 bits per heavy atom. The van der Waals surface area contributed by atoms with Gasteiger partial charge >= 0.3 is 0 Å². The van der Waals surface area contributed by atoms with Crippen LogP contribution >= 0.6 is 15.9 Å². The van der Waals surface area contributed by atoms with Crippen LogP contribution in [-0.2, 0) is 23.1 Å². The molecular formula is C16H14BrF2NO. The Morgan fingerprint density at radius 1 is 1.05 bits per heavy atom. The Kier molecular flexibility index (Phi) is 5.44. The second kappa shape index (κ2) is 7.31. The molecule has 5 heteroatoms. The molecule has 2 nitrogen and oxygen atoms in total. The molecule has 0 aliphatic rings. The number of rotatable bonds is 5. The van der Waals surface area contributed by atoms with Gasteiger partial charge in [0.15, 0.2) is 0 Å². The van der Waals surface area contributed by atoms with Gasteiger partial charge in [0.25, 0.3) is 0 Å². The van der Waals surface area contributed by atoms with E-state index in [1.165, 1.54) is 6.07 Å². The number of carbonyl (C=O) groups is 1. The summed E-state index contributed by atoms with van der Waals surface area (Å²) in [5.74, 6) is -1.82. The molecule has 0 saturated heterocycles. The highest BCUT2D eigenvalue weighted by atomic mass is 79.9. The van der Waals surface area contributed by atoms with Crippen LogP contribution in [0.1, 0.15) is 16.7 Å². The first-order valence-corrected chi connectivity index (χ1v) is 7.55. The van der Waals surface area contributed by atoms with Gasteiger partial charge in [-0.1, -0.05) is 46.3 Å². The minimum atomic E-state index is -0.702. The summed E-state index contributed by atoms with van der Waals surface area (Å²) in [6.45, 7) is 0.329. The molecule has 0 radical (unpaired) electrons. The molecule has 0 unspecified atom stereocenters. The maximum atomic E-state index is 13.4. The van der Waals surface area contributed by atoms with Crippen molar-refractivity contribution in [3.63, 3.8) is 0 Å². The average Bonchev–Trinajstić information content (AvgIpc) is 2.49. The van der Waals surface area contributed by atoms with Gasteiger partial charge in [-0.15, -0.1) is 0 Å². The monoisotopic (exact) mass is 353 g/mol. The van der Waals surface area contributed by atoms with Gasteiger partial charge < -0.3 is 5.32 Å². The molecular weight excluding hydrogens is 340 g/mol. The van der Waals surface area contributed by atoms with Crippen LogP contribution in [0.3, 0.4) is 0 Å². The normalized spacial score (nSPS) is 10.4. The predicted molar refractivity (Wildman–Crippen MR) is 81.0 cm³/mol. The summed E-state index contributed by atoms with van der Waals surface area (Å²) in [7, 11) is 0. The first-order chi connectivity index (χ1) is 10.1. The largest absolute Gasteiger partial charge is 0.352 e. The molecule has 0 spiro atoms. The molecule has 2 aromatic carbocycles. The van der Waals surface area contributed by atoms with Gasteiger partial charge in [0.05, 0.1) is 6.42 Å². The highest BCUT2D eigenvalue weighted by Gasteiger charge is 2.12. The number of hydrogen-bond acceptors (Lipinski definition) is 1. The Bertz CT molecular complexity index is 626. The highest BCUT2D eigenvalue weighted by molar-refractivity contribution is 9.08. The summed E-state index contributed by atoms with van der Waals surface area (Å²) in [5, 5.41) is 3.40. The summed E-state index contributed by atoms with van der Waals surface area (Å²) in [6.07, 6.45) is -0.309. The zero-order valence-electron chi connectivity index (χ0n) is 11.2. The van der Waals surface area contributed by atoms with Gasteiger partial charge in [-0.05, 0) is 23.3 Å². The van der Waals surface area contributed by atoms with Gasteiger partial charge in [-0.2, -0.15) is 0 Å². The van der Waals surface area contributed by atoms with Crippen molar-refractivity contribution in [3.8, 4) is 0 Å². The lowest BCUT2D eigenvalue weighted by Gasteiger charge is -2.08. The number of carbonyl (C=O) groups excluding carboxylic acids is 1. The summed E-state index contributed by atoms with van der Waals surface area (Å²) >= 11 is 3.36. The van der Waals surface area contributed by atoms with Crippen LogP contribution in [0.25, 0.3) is 0 Å². The summed E-state index contributed by atoms with van der Waals surface area (Å²) in [5.41, 5.74) is 1.83. The standard InChI is InChI=1S/C16H14BrF2NO/c17-9-11-3-1-4-12(7-11)10-20-16(21)8-13-14(18)5-2-6-15(13)19/h1-7H,8-10H2,(H,20,21). The van der Waals surface area contributed by atoms with Crippen LogP contribution in [0.4, 0.5) is 8.78 Å². The van der Waals surface area contributed by atoms with Crippen LogP contribution in [0, 0.1) is 11.6 Å².